The number of nitrogens with two attached hydrogens (primary N) is 1. The molecule has 5 aromatic rings. The highest BCUT2D eigenvalue weighted by Gasteiger charge is 2.21. The smallest absolute Gasteiger partial charge is 0.148 e. The Morgan fingerprint density at radius 1 is 1.03 bits per heavy atom. The average Bonchev–Trinajstić information content (AvgIpc) is 3.40. The highest BCUT2D eigenvalue weighted by Crippen LogP contribution is 2.35. The molecule has 31 heavy (non-hydrogen) atoms. The first-order chi connectivity index (χ1) is 15.0. The zero-order valence-electron chi connectivity index (χ0n) is 16.4. The largest absolute Gasteiger partial charge is 0.383 e. The summed E-state index contributed by atoms with van der Waals surface area (Å²) in [6.07, 6.45) is 5.11. The van der Waals surface area contributed by atoms with E-state index in [1.165, 1.54) is 17.1 Å². The zero-order chi connectivity index (χ0) is 21.5. The number of benzene rings is 2. The van der Waals surface area contributed by atoms with E-state index < -0.39 is 0 Å². The molecule has 0 spiro atoms. The molecule has 7 nitrogen and oxygen atoms in total. The van der Waals surface area contributed by atoms with Crippen LogP contribution < -0.4 is 5.73 Å². The average molecular weight is 434 g/mol. The molecule has 0 bridgehead atoms. The molecule has 3 heterocycles. The first kappa shape index (κ1) is 19.2. The minimum atomic E-state index is -0.372. The molecular formula is C22H17ClFN7. The summed E-state index contributed by atoms with van der Waals surface area (Å²) in [4.78, 5) is 8.63. The van der Waals surface area contributed by atoms with Gasteiger partial charge in [-0.3, -0.25) is 0 Å². The molecular weight excluding hydrogens is 417 g/mol. The minimum Gasteiger partial charge on any atom is -0.383 e. The van der Waals surface area contributed by atoms with Crippen molar-refractivity contribution in [3.63, 3.8) is 0 Å². The predicted molar refractivity (Wildman–Crippen MR) is 118 cm³/mol. The summed E-state index contributed by atoms with van der Waals surface area (Å²) in [7, 11) is 0. The van der Waals surface area contributed by atoms with E-state index in [2.05, 4.69) is 20.3 Å². The maximum absolute atomic E-state index is 14.1. The highest BCUT2D eigenvalue weighted by molar-refractivity contribution is 6.30. The van der Waals surface area contributed by atoms with Crippen LogP contribution in [0.3, 0.4) is 0 Å². The molecule has 9 heteroatoms. The van der Waals surface area contributed by atoms with Crippen LogP contribution in [0.25, 0.3) is 27.8 Å². The van der Waals surface area contributed by atoms with Gasteiger partial charge in [-0.05, 0) is 36.8 Å². The molecule has 0 aliphatic heterocycles. The number of fused-ring (bicyclic) bond motifs is 1. The fourth-order valence-electron chi connectivity index (χ4n) is 3.62. The Hall–Kier alpha value is -3.78. The highest BCUT2D eigenvalue weighted by atomic mass is 35.5. The van der Waals surface area contributed by atoms with Gasteiger partial charge in [0.1, 0.15) is 35.0 Å². The van der Waals surface area contributed by atoms with E-state index in [0.717, 1.165) is 16.5 Å². The topological polar surface area (TPSA) is 87.4 Å². The lowest BCUT2D eigenvalue weighted by atomic mass is 10.1. The van der Waals surface area contributed by atoms with E-state index >= 15 is 0 Å². The van der Waals surface area contributed by atoms with Gasteiger partial charge < -0.3 is 10.3 Å². The van der Waals surface area contributed by atoms with E-state index in [0.29, 0.717) is 27.9 Å². The Labute approximate surface area is 181 Å². The number of para-hydroxylation sites is 1. The van der Waals surface area contributed by atoms with Crippen molar-refractivity contribution in [1.29, 1.82) is 0 Å². The standard InChI is InChI=1S/C22H17ClFN7/c1-13(18-11-31(29-28-18)19-5-3-2-4-17(19)24)30-10-16(14-6-8-15(23)9-7-14)20-21(25)26-12-27-22(20)30/h2-13H,1H3,(H2,25,26,27). The van der Waals surface area contributed by atoms with Crippen molar-refractivity contribution in [1.82, 2.24) is 29.5 Å². The molecule has 0 saturated heterocycles. The van der Waals surface area contributed by atoms with Gasteiger partial charge in [0.2, 0.25) is 0 Å². The van der Waals surface area contributed by atoms with Crippen molar-refractivity contribution in [2.75, 3.05) is 5.73 Å². The van der Waals surface area contributed by atoms with Crippen molar-refractivity contribution in [2.45, 2.75) is 13.0 Å². The molecule has 0 radical (unpaired) electrons. The van der Waals surface area contributed by atoms with Crippen LogP contribution in [0.15, 0.2) is 67.3 Å². The number of rotatable bonds is 4. The first-order valence-corrected chi connectivity index (χ1v) is 9.95. The molecule has 3 aromatic heterocycles. The van der Waals surface area contributed by atoms with Gasteiger partial charge in [0.25, 0.3) is 0 Å². The van der Waals surface area contributed by atoms with Crippen molar-refractivity contribution in [2.24, 2.45) is 0 Å². The van der Waals surface area contributed by atoms with Gasteiger partial charge in [-0.1, -0.05) is 41.1 Å². The molecule has 2 N–H and O–H groups in total. The summed E-state index contributed by atoms with van der Waals surface area (Å²) in [6.45, 7) is 1.97. The van der Waals surface area contributed by atoms with Gasteiger partial charge in [0, 0.05) is 16.8 Å². The molecule has 1 unspecified atom stereocenters. The summed E-state index contributed by atoms with van der Waals surface area (Å²) in [5.74, 6) is 0.0134. The van der Waals surface area contributed by atoms with Gasteiger partial charge in [-0.2, -0.15) is 0 Å². The number of nitrogens with zero attached hydrogens (tertiary/aromatic N) is 6. The number of nitrogen functional groups attached to an aromatic ring is 1. The lowest BCUT2D eigenvalue weighted by molar-refractivity contribution is 0.607. The number of hydrogen-bond donors (Lipinski definition) is 1. The van der Waals surface area contributed by atoms with E-state index in [-0.39, 0.29) is 11.9 Å². The monoisotopic (exact) mass is 433 g/mol. The van der Waals surface area contributed by atoms with Crippen LogP contribution >= 0.6 is 11.6 Å². The van der Waals surface area contributed by atoms with Crippen LogP contribution in [0.4, 0.5) is 10.2 Å². The van der Waals surface area contributed by atoms with Crippen LogP contribution in [-0.2, 0) is 0 Å². The van der Waals surface area contributed by atoms with Crippen LogP contribution in [0.1, 0.15) is 18.7 Å². The van der Waals surface area contributed by atoms with Crippen molar-refractivity contribution in [3.8, 4) is 16.8 Å². The fourth-order valence-corrected chi connectivity index (χ4v) is 3.74. The number of hydrogen-bond acceptors (Lipinski definition) is 5. The lowest BCUT2D eigenvalue weighted by Gasteiger charge is -2.11. The zero-order valence-corrected chi connectivity index (χ0v) is 17.2. The predicted octanol–water partition coefficient (Wildman–Crippen LogP) is 4.66. The third kappa shape index (κ3) is 3.30. The van der Waals surface area contributed by atoms with E-state index in [9.17, 15) is 4.39 Å². The third-order valence-corrected chi connectivity index (χ3v) is 5.50. The van der Waals surface area contributed by atoms with Crippen LogP contribution in [0, 0.1) is 5.82 Å². The second-order valence-electron chi connectivity index (χ2n) is 7.13. The summed E-state index contributed by atoms with van der Waals surface area (Å²) < 4.78 is 17.5. The van der Waals surface area contributed by atoms with Gasteiger partial charge in [-0.25, -0.2) is 19.0 Å². The lowest BCUT2D eigenvalue weighted by Crippen LogP contribution is -2.07. The summed E-state index contributed by atoms with van der Waals surface area (Å²) in [6, 6.07) is 13.7. The summed E-state index contributed by atoms with van der Waals surface area (Å²) in [5, 5.41) is 9.77. The quantitative estimate of drug-likeness (QED) is 0.445. The van der Waals surface area contributed by atoms with Crippen molar-refractivity contribution >= 4 is 28.5 Å². The van der Waals surface area contributed by atoms with Gasteiger partial charge in [-0.15, -0.1) is 5.10 Å². The van der Waals surface area contributed by atoms with Gasteiger partial charge >= 0.3 is 0 Å². The molecule has 1 atom stereocenters. The Morgan fingerprint density at radius 2 is 1.81 bits per heavy atom. The van der Waals surface area contributed by atoms with Crippen molar-refractivity contribution < 1.29 is 4.39 Å². The Morgan fingerprint density at radius 3 is 2.58 bits per heavy atom. The molecule has 2 aromatic carbocycles. The first-order valence-electron chi connectivity index (χ1n) is 9.57. The maximum Gasteiger partial charge on any atom is 0.148 e. The second kappa shape index (κ2) is 7.48. The van der Waals surface area contributed by atoms with E-state index in [4.69, 9.17) is 17.3 Å². The second-order valence-corrected chi connectivity index (χ2v) is 7.57. The fraction of sp³-hybridized carbons (Fsp3) is 0.0909. The van der Waals surface area contributed by atoms with Crippen LogP contribution in [-0.4, -0.2) is 29.5 Å². The molecule has 0 aliphatic carbocycles. The Bertz CT molecular complexity index is 1390. The molecule has 154 valence electrons. The Kier molecular flexibility index (Phi) is 4.63. The van der Waals surface area contributed by atoms with E-state index in [1.807, 2.05) is 42.0 Å². The third-order valence-electron chi connectivity index (χ3n) is 5.25. The SMILES string of the molecule is CC(c1cn(-c2ccccc2F)nn1)n1cc(-c2ccc(Cl)cc2)c2c(N)ncnc21. The molecule has 0 amide bonds. The number of anilines is 1. The Balaban J connectivity index is 1.62. The molecule has 5 rings (SSSR count). The van der Waals surface area contributed by atoms with E-state index in [1.54, 1.807) is 24.4 Å². The summed E-state index contributed by atoms with van der Waals surface area (Å²) in [5.41, 5.74) is 9.69. The maximum atomic E-state index is 14.1. The number of aromatic nitrogens is 6. The molecule has 0 saturated carbocycles. The van der Waals surface area contributed by atoms with Crippen molar-refractivity contribution in [3.05, 3.63) is 83.8 Å². The molecule has 0 fully saturated rings. The van der Waals surface area contributed by atoms with Crippen LogP contribution in [0.5, 0.6) is 0 Å². The normalized spacial score (nSPS) is 12.4. The number of halogens is 2. The summed E-state index contributed by atoms with van der Waals surface area (Å²) >= 11 is 6.05. The van der Waals surface area contributed by atoms with Crippen LogP contribution in [0.2, 0.25) is 5.02 Å². The minimum absolute atomic E-state index is 0.238. The van der Waals surface area contributed by atoms with Gasteiger partial charge in [0.05, 0.1) is 17.6 Å². The molecule has 0 aliphatic rings. The van der Waals surface area contributed by atoms with Gasteiger partial charge in [0.15, 0.2) is 0 Å².